The Morgan fingerprint density at radius 3 is 2.59 bits per heavy atom. The number of H-pyrrole nitrogens is 1. The summed E-state index contributed by atoms with van der Waals surface area (Å²) in [4.78, 5) is 33.8. The number of hydrogen-bond acceptors (Lipinski definition) is 7. The number of para-hydroxylation sites is 4. The van der Waals surface area contributed by atoms with Gasteiger partial charge < -0.3 is 19.3 Å². The van der Waals surface area contributed by atoms with E-state index in [0.717, 1.165) is 11.0 Å². The van der Waals surface area contributed by atoms with Gasteiger partial charge in [0, 0.05) is 26.2 Å². The normalized spacial score (nSPS) is 17.9. The first-order chi connectivity index (χ1) is 16.7. The number of carbonyl (C=O) groups is 2. The van der Waals surface area contributed by atoms with Crippen molar-refractivity contribution in [3.8, 4) is 11.5 Å². The zero-order valence-corrected chi connectivity index (χ0v) is 19.0. The van der Waals surface area contributed by atoms with Crippen molar-refractivity contribution in [1.82, 2.24) is 29.4 Å². The third kappa shape index (κ3) is 3.71. The van der Waals surface area contributed by atoms with Crippen LogP contribution in [0.2, 0.25) is 0 Å². The van der Waals surface area contributed by atoms with E-state index in [1.165, 1.54) is 11.8 Å². The van der Waals surface area contributed by atoms with E-state index < -0.39 is 6.10 Å². The first kappa shape index (κ1) is 20.8. The average Bonchev–Trinajstić information content (AvgIpc) is 3.46. The Kier molecular flexibility index (Phi) is 5.25. The van der Waals surface area contributed by atoms with E-state index in [-0.39, 0.29) is 24.2 Å². The first-order valence-electron chi connectivity index (χ1n) is 11.1. The number of thioether (sulfide) groups is 1. The van der Waals surface area contributed by atoms with Crippen molar-refractivity contribution >= 4 is 40.4 Å². The second kappa shape index (κ2) is 8.56. The minimum absolute atomic E-state index is 0.0175. The quantitative estimate of drug-likeness (QED) is 0.446. The van der Waals surface area contributed by atoms with Crippen molar-refractivity contribution < 1.29 is 19.1 Å². The summed E-state index contributed by atoms with van der Waals surface area (Å²) in [5.41, 5.74) is 1.82. The van der Waals surface area contributed by atoms with Gasteiger partial charge in [0.15, 0.2) is 16.7 Å². The van der Waals surface area contributed by atoms with Crippen LogP contribution in [0.25, 0.3) is 16.8 Å². The number of carbonyl (C=O) groups excluding carboxylic acids is 2. The summed E-state index contributed by atoms with van der Waals surface area (Å²) in [6.45, 7) is 2.09. The lowest BCUT2D eigenvalue weighted by atomic mass is 10.2. The Balaban J connectivity index is 1.04. The molecule has 0 aliphatic carbocycles. The maximum absolute atomic E-state index is 12.9. The molecule has 2 aliphatic rings. The third-order valence-electron chi connectivity index (χ3n) is 6.06. The van der Waals surface area contributed by atoms with Gasteiger partial charge in [0.05, 0.1) is 16.8 Å². The molecule has 34 heavy (non-hydrogen) atoms. The lowest BCUT2D eigenvalue weighted by Gasteiger charge is -2.37. The van der Waals surface area contributed by atoms with Crippen molar-refractivity contribution in [2.45, 2.75) is 11.3 Å². The van der Waals surface area contributed by atoms with E-state index in [0.29, 0.717) is 48.6 Å². The van der Waals surface area contributed by atoms with Gasteiger partial charge >= 0.3 is 0 Å². The van der Waals surface area contributed by atoms with E-state index in [1.54, 1.807) is 15.9 Å². The fourth-order valence-corrected chi connectivity index (χ4v) is 5.14. The van der Waals surface area contributed by atoms with Crippen LogP contribution in [0.3, 0.4) is 0 Å². The molecule has 0 saturated carbocycles. The fraction of sp³-hybridized carbons (Fsp3) is 0.304. The lowest BCUT2D eigenvalue weighted by Crippen LogP contribution is -2.55. The number of aromatic nitrogens is 4. The van der Waals surface area contributed by atoms with E-state index in [4.69, 9.17) is 9.47 Å². The smallest absolute Gasteiger partial charge is 0.267 e. The van der Waals surface area contributed by atoms with Crippen molar-refractivity contribution in [3.05, 3.63) is 48.5 Å². The highest BCUT2D eigenvalue weighted by molar-refractivity contribution is 7.99. The van der Waals surface area contributed by atoms with Crippen LogP contribution < -0.4 is 9.47 Å². The SMILES string of the molecule is O=C(CSc1n[nH]c2nc3ccccc3n12)N1CCN(C(=O)C2COc3ccccc3O2)CC1. The van der Waals surface area contributed by atoms with Gasteiger partial charge in [0.2, 0.25) is 17.8 Å². The molecule has 1 N–H and O–H groups in total. The van der Waals surface area contributed by atoms with E-state index in [1.807, 2.05) is 46.9 Å². The van der Waals surface area contributed by atoms with Gasteiger partial charge in [-0.1, -0.05) is 36.0 Å². The summed E-state index contributed by atoms with van der Waals surface area (Å²) in [7, 11) is 0. The number of ether oxygens (including phenoxy) is 2. The predicted molar refractivity (Wildman–Crippen MR) is 125 cm³/mol. The summed E-state index contributed by atoms with van der Waals surface area (Å²) in [5.74, 6) is 2.05. The predicted octanol–water partition coefficient (Wildman–Crippen LogP) is 1.81. The van der Waals surface area contributed by atoms with Gasteiger partial charge in [-0.3, -0.25) is 14.0 Å². The molecule has 1 unspecified atom stereocenters. The Morgan fingerprint density at radius 2 is 1.74 bits per heavy atom. The van der Waals surface area contributed by atoms with E-state index in [9.17, 15) is 9.59 Å². The van der Waals surface area contributed by atoms with Crippen LogP contribution in [0.15, 0.2) is 53.7 Å². The van der Waals surface area contributed by atoms with Crippen LogP contribution in [0.4, 0.5) is 0 Å². The number of piperazine rings is 1. The maximum atomic E-state index is 12.9. The molecular formula is C23H22N6O4S. The second-order valence-corrected chi connectivity index (χ2v) is 9.07. The molecule has 6 rings (SSSR count). The van der Waals surface area contributed by atoms with Crippen molar-refractivity contribution in [2.75, 3.05) is 38.5 Å². The van der Waals surface area contributed by atoms with Crippen LogP contribution in [0.1, 0.15) is 0 Å². The lowest BCUT2D eigenvalue weighted by molar-refractivity contribution is -0.145. The molecule has 2 aliphatic heterocycles. The number of amides is 2. The van der Waals surface area contributed by atoms with Gasteiger partial charge in [-0.25, -0.2) is 10.1 Å². The number of aromatic amines is 1. The minimum Gasteiger partial charge on any atom is -0.485 e. The van der Waals surface area contributed by atoms with Gasteiger partial charge in [-0.05, 0) is 24.3 Å². The van der Waals surface area contributed by atoms with E-state index >= 15 is 0 Å². The molecule has 0 bridgehead atoms. The Hall–Kier alpha value is -3.73. The number of imidazole rings is 1. The van der Waals surface area contributed by atoms with Crippen LogP contribution in [0.5, 0.6) is 11.5 Å². The third-order valence-corrected chi connectivity index (χ3v) is 6.98. The second-order valence-electron chi connectivity index (χ2n) is 8.12. The molecule has 0 radical (unpaired) electrons. The topological polar surface area (TPSA) is 105 Å². The zero-order chi connectivity index (χ0) is 23.1. The minimum atomic E-state index is -0.667. The van der Waals surface area contributed by atoms with Crippen LogP contribution in [-0.2, 0) is 9.59 Å². The van der Waals surface area contributed by atoms with Crippen LogP contribution in [0, 0.1) is 0 Å². The van der Waals surface area contributed by atoms with Gasteiger partial charge in [0.1, 0.15) is 6.61 Å². The molecule has 0 spiro atoms. The molecular weight excluding hydrogens is 456 g/mol. The van der Waals surface area contributed by atoms with E-state index in [2.05, 4.69) is 15.2 Å². The molecule has 2 aromatic heterocycles. The fourth-order valence-electron chi connectivity index (χ4n) is 4.28. The van der Waals surface area contributed by atoms with Crippen molar-refractivity contribution in [3.63, 3.8) is 0 Å². The van der Waals surface area contributed by atoms with Crippen molar-refractivity contribution in [1.29, 1.82) is 0 Å². The molecule has 174 valence electrons. The molecule has 2 amide bonds. The zero-order valence-electron chi connectivity index (χ0n) is 18.2. The molecule has 1 fully saturated rings. The van der Waals surface area contributed by atoms with Gasteiger partial charge in [-0.2, -0.15) is 0 Å². The number of nitrogens with zero attached hydrogens (tertiary/aromatic N) is 5. The maximum Gasteiger partial charge on any atom is 0.267 e. The molecule has 11 heteroatoms. The average molecular weight is 479 g/mol. The summed E-state index contributed by atoms with van der Waals surface area (Å²) in [6, 6.07) is 15.1. The molecule has 4 heterocycles. The van der Waals surface area contributed by atoms with Crippen LogP contribution in [-0.4, -0.2) is 85.8 Å². The number of nitrogens with one attached hydrogen (secondary N) is 1. The highest BCUT2D eigenvalue weighted by atomic mass is 32.2. The number of rotatable bonds is 4. The molecule has 2 aromatic carbocycles. The number of hydrogen-bond donors (Lipinski definition) is 1. The summed E-state index contributed by atoms with van der Waals surface area (Å²) in [6.07, 6.45) is -0.667. The Bertz CT molecular complexity index is 1380. The summed E-state index contributed by atoms with van der Waals surface area (Å²) in [5, 5.41) is 7.94. The Morgan fingerprint density at radius 1 is 1.00 bits per heavy atom. The largest absolute Gasteiger partial charge is 0.485 e. The molecule has 10 nitrogen and oxygen atoms in total. The van der Waals surface area contributed by atoms with Gasteiger partial charge in [-0.15, -0.1) is 5.10 Å². The highest BCUT2D eigenvalue weighted by Gasteiger charge is 2.33. The standard InChI is InChI=1S/C23H22N6O4S/c30-20(14-34-23-26-25-22-24-15-5-1-2-6-16(15)29(22)23)27-9-11-28(12-10-27)21(31)19-13-32-17-7-3-4-8-18(17)33-19/h1-8,19H,9-14H2,(H,24,25). The summed E-state index contributed by atoms with van der Waals surface area (Å²) >= 11 is 1.37. The molecule has 1 atom stereocenters. The molecule has 1 saturated heterocycles. The van der Waals surface area contributed by atoms with Crippen LogP contribution >= 0.6 is 11.8 Å². The number of fused-ring (bicyclic) bond motifs is 4. The van der Waals surface area contributed by atoms with Crippen molar-refractivity contribution in [2.24, 2.45) is 0 Å². The first-order valence-corrected chi connectivity index (χ1v) is 12.1. The van der Waals surface area contributed by atoms with Gasteiger partial charge in [0.25, 0.3) is 5.91 Å². The Labute approximate surface area is 198 Å². The summed E-state index contributed by atoms with van der Waals surface area (Å²) < 4.78 is 13.4. The highest BCUT2D eigenvalue weighted by Crippen LogP contribution is 2.31. The molecule has 4 aromatic rings. The monoisotopic (exact) mass is 478 g/mol. The number of benzene rings is 2.